The largest absolute Gasteiger partial charge is 0.397 e. The van der Waals surface area contributed by atoms with Gasteiger partial charge in [0, 0.05) is 31.2 Å². The van der Waals surface area contributed by atoms with Gasteiger partial charge in [-0.2, -0.15) is 10.2 Å². The number of rotatable bonds is 4. The molecule has 0 atom stereocenters. The monoisotopic (exact) mass is 461 g/mol. The van der Waals surface area contributed by atoms with Crippen LogP contribution in [0.2, 0.25) is 0 Å². The summed E-state index contributed by atoms with van der Waals surface area (Å²) in [6.45, 7) is 1.26. The number of nitrogens with two attached hydrogens (primary N) is 1. The summed E-state index contributed by atoms with van der Waals surface area (Å²) in [4.78, 5) is 36.6. The fourth-order valence-electron chi connectivity index (χ4n) is 4.95. The molecule has 34 heavy (non-hydrogen) atoms. The molecule has 1 saturated carbocycles. The van der Waals surface area contributed by atoms with Gasteiger partial charge in [-0.05, 0) is 50.7 Å². The molecule has 2 fully saturated rings. The third kappa shape index (κ3) is 3.92. The minimum absolute atomic E-state index is 0.0116. The molecular weight excluding hydrogens is 434 g/mol. The van der Waals surface area contributed by atoms with Gasteiger partial charge in [-0.25, -0.2) is 4.98 Å². The minimum Gasteiger partial charge on any atom is -0.397 e. The maximum absolute atomic E-state index is 12.9. The second-order valence-electron chi connectivity index (χ2n) is 9.17. The van der Waals surface area contributed by atoms with E-state index in [1.165, 1.54) is 4.57 Å². The van der Waals surface area contributed by atoms with Crippen LogP contribution in [0.1, 0.15) is 44.1 Å². The first-order valence-corrected chi connectivity index (χ1v) is 11.7. The summed E-state index contributed by atoms with van der Waals surface area (Å²) in [5, 5.41) is 22.9. The van der Waals surface area contributed by atoms with Crippen molar-refractivity contribution in [1.82, 2.24) is 19.4 Å². The molecule has 176 valence electrons. The first-order chi connectivity index (χ1) is 16.5. The number of nitriles is 1. The summed E-state index contributed by atoms with van der Waals surface area (Å²) in [6, 6.07) is 2.01. The van der Waals surface area contributed by atoms with Crippen LogP contribution in [0.3, 0.4) is 0 Å². The van der Waals surface area contributed by atoms with Gasteiger partial charge in [0.15, 0.2) is 5.65 Å². The molecule has 2 aromatic heterocycles. The Morgan fingerprint density at radius 2 is 1.91 bits per heavy atom. The first kappa shape index (κ1) is 22.1. The van der Waals surface area contributed by atoms with Crippen molar-refractivity contribution in [2.75, 3.05) is 24.1 Å². The van der Waals surface area contributed by atoms with Crippen LogP contribution in [-0.4, -0.2) is 55.7 Å². The fourth-order valence-corrected chi connectivity index (χ4v) is 4.95. The lowest BCUT2D eigenvalue weighted by atomic mass is 9.85. The molecule has 1 amide bonds. The summed E-state index contributed by atoms with van der Waals surface area (Å²) in [6.07, 6.45) is 11.1. The van der Waals surface area contributed by atoms with Crippen molar-refractivity contribution in [3.05, 3.63) is 40.3 Å². The molecule has 1 aliphatic heterocycles. The molecule has 2 aliphatic carbocycles. The maximum atomic E-state index is 12.9. The highest BCUT2D eigenvalue weighted by molar-refractivity contribution is 5.93. The van der Waals surface area contributed by atoms with E-state index < -0.39 is 5.56 Å². The van der Waals surface area contributed by atoms with Crippen molar-refractivity contribution >= 4 is 34.3 Å². The van der Waals surface area contributed by atoms with Crippen LogP contribution in [0.4, 0.5) is 11.6 Å². The summed E-state index contributed by atoms with van der Waals surface area (Å²) >= 11 is 0. The Hall–Kier alpha value is -3.71. The Labute approximate surface area is 196 Å². The molecule has 0 unspecified atom stereocenters. The quantitative estimate of drug-likeness (QED) is 0.621. The highest BCUT2D eigenvalue weighted by atomic mass is 16.3. The summed E-state index contributed by atoms with van der Waals surface area (Å²) in [5.41, 5.74) is 6.53. The van der Waals surface area contributed by atoms with E-state index in [2.05, 4.69) is 15.3 Å². The van der Waals surface area contributed by atoms with E-state index in [4.69, 9.17) is 5.73 Å². The number of aromatic nitrogens is 3. The molecule has 10 heteroatoms. The van der Waals surface area contributed by atoms with Gasteiger partial charge in [-0.1, -0.05) is 6.08 Å². The molecule has 10 nitrogen and oxygen atoms in total. The number of fused-ring (bicyclic) bond motifs is 1. The lowest BCUT2D eigenvalue weighted by Gasteiger charge is -2.35. The van der Waals surface area contributed by atoms with Gasteiger partial charge in [-0.15, -0.1) is 0 Å². The molecule has 3 heterocycles. The number of amides is 1. The van der Waals surface area contributed by atoms with Gasteiger partial charge in [0.05, 0.1) is 22.9 Å². The predicted molar refractivity (Wildman–Crippen MR) is 128 cm³/mol. The second kappa shape index (κ2) is 8.91. The molecule has 0 spiro atoms. The third-order valence-electron chi connectivity index (χ3n) is 7.05. The Morgan fingerprint density at radius 1 is 1.21 bits per heavy atom. The highest BCUT2D eigenvalue weighted by Crippen LogP contribution is 2.30. The molecule has 0 aromatic carbocycles. The summed E-state index contributed by atoms with van der Waals surface area (Å²) < 4.78 is 1.39. The van der Waals surface area contributed by atoms with Gasteiger partial charge in [0.1, 0.15) is 11.6 Å². The Morgan fingerprint density at radius 3 is 2.53 bits per heavy atom. The average Bonchev–Trinajstić information content (AvgIpc) is 2.81. The van der Waals surface area contributed by atoms with Crippen LogP contribution in [0.15, 0.2) is 29.2 Å². The van der Waals surface area contributed by atoms with Crippen molar-refractivity contribution in [1.29, 1.82) is 5.26 Å². The molecule has 0 bridgehead atoms. The van der Waals surface area contributed by atoms with Crippen molar-refractivity contribution in [2.24, 2.45) is 5.92 Å². The number of nitrogen functional groups attached to an aromatic ring is 1. The van der Waals surface area contributed by atoms with E-state index in [1.54, 1.807) is 18.3 Å². The number of aliphatic hydroxyl groups excluding tert-OH is 1. The molecule has 2 aromatic rings. The van der Waals surface area contributed by atoms with E-state index in [9.17, 15) is 20.0 Å². The minimum atomic E-state index is -0.503. The van der Waals surface area contributed by atoms with Crippen LogP contribution in [0.5, 0.6) is 0 Å². The number of allylic oxidation sites excluding steroid dienone is 4. The van der Waals surface area contributed by atoms with Gasteiger partial charge < -0.3 is 21.1 Å². The van der Waals surface area contributed by atoms with E-state index in [-0.39, 0.29) is 35.2 Å². The maximum Gasteiger partial charge on any atom is 0.276 e. The summed E-state index contributed by atoms with van der Waals surface area (Å²) in [5.74, 6) is 0.591. The number of anilines is 2. The number of aliphatic hydroxyl groups is 1. The zero-order valence-electron chi connectivity index (χ0n) is 18.8. The van der Waals surface area contributed by atoms with Crippen molar-refractivity contribution in [2.45, 2.75) is 50.7 Å². The Balaban J connectivity index is 1.31. The number of carbonyl (C=O) groups is 1. The molecule has 1 saturated heterocycles. The lowest BCUT2D eigenvalue weighted by Crippen LogP contribution is -2.44. The number of carbonyl (C=O) groups excluding carboxylic acids is 1. The molecule has 3 aliphatic rings. The van der Waals surface area contributed by atoms with Gasteiger partial charge in [-0.3, -0.25) is 14.2 Å². The Bertz CT molecular complexity index is 1290. The molecule has 0 radical (unpaired) electrons. The highest BCUT2D eigenvalue weighted by Gasteiger charge is 2.31. The Kier molecular flexibility index (Phi) is 5.79. The van der Waals surface area contributed by atoms with Crippen molar-refractivity contribution in [3.8, 4) is 6.07 Å². The third-order valence-corrected chi connectivity index (χ3v) is 7.05. The van der Waals surface area contributed by atoms with E-state index in [1.807, 2.05) is 17.0 Å². The number of piperidine rings is 1. The fraction of sp³-hybridized carbons (Fsp3) is 0.458. The average molecular weight is 462 g/mol. The van der Waals surface area contributed by atoms with E-state index >= 15 is 0 Å². The number of pyridine rings is 1. The number of nitrogens with one attached hydrogen (secondary N) is 1. The van der Waals surface area contributed by atoms with E-state index in [0.29, 0.717) is 48.6 Å². The normalized spacial score (nSPS) is 22.7. The smallest absolute Gasteiger partial charge is 0.276 e. The molecule has 5 rings (SSSR count). The van der Waals surface area contributed by atoms with Crippen LogP contribution >= 0.6 is 0 Å². The zero-order chi connectivity index (χ0) is 23.8. The standard InChI is InChI=1S/C24H27N7O3/c25-12-18-20(26)19-13-27-24(29-21(19)31(23(18)34)16-2-1-3-16)28-15-6-4-14(5-7-15)22(33)30-10-8-17(32)9-11-30/h1-3,13-15,17,32H,4-11,26H2,(H,27,28,29). The lowest BCUT2D eigenvalue weighted by molar-refractivity contribution is -0.138. The van der Waals surface area contributed by atoms with Gasteiger partial charge >= 0.3 is 0 Å². The first-order valence-electron chi connectivity index (χ1n) is 11.7. The predicted octanol–water partition coefficient (Wildman–Crippen LogP) is 1.61. The van der Waals surface area contributed by atoms with Gasteiger partial charge in [0.25, 0.3) is 5.56 Å². The van der Waals surface area contributed by atoms with Gasteiger partial charge in [0.2, 0.25) is 11.9 Å². The van der Waals surface area contributed by atoms with E-state index in [0.717, 1.165) is 25.7 Å². The second-order valence-corrected chi connectivity index (χ2v) is 9.17. The van der Waals surface area contributed by atoms with Crippen molar-refractivity contribution in [3.63, 3.8) is 0 Å². The van der Waals surface area contributed by atoms with Crippen LogP contribution in [0.25, 0.3) is 16.7 Å². The molecular formula is C24H27N7O3. The zero-order valence-corrected chi connectivity index (χ0v) is 18.8. The SMILES string of the molecule is N#Cc1c(N)c2cnc(NC3CCC(C(=O)N4CCC(O)CC4)CC3)nc2n(C2=CC=C2)c1=O. The van der Waals surface area contributed by atoms with Crippen molar-refractivity contribution < 1.29 is 9.90 Å². The number of hydrogen-bond donors (Lipinski definition) is 3. The number of likely N-dealkylation sites (tertiary alicyclic amines) is 1. The number of hydrogen-bond acceptors (Lipinski definition) is 8. The van der Waals surface area contributed by atoms with Crippen LogP contribution in [-0.2, 0) is 4.79 Å². The topological polar surface area (TPSA) is 150 Å². The molecule has 4 N–H and O–H groups in total. The van der Waals surface area contributed by atoms with Crippen LogP contribution in [0, 0.1) is 17.2 Å². The van der Waals surface area contributed by atoms with Crippen LogP contribution < -0.4 is 16.6 Å². The summed E-state index contributed by atoms with van der Waals surface area (Å²) in [7, 11) is 0. The number of nitrogens with zero attached hydrogens (tertiary/aromatic N) is 5.